The van der Waals surface area contributed by atoms with Crippen molar-refractivity contribution in [2.45, 2.75) is 45.7 Å². The Morgan fingerprint density at radius 1 is 1.50 bits per heavy atom. The minimum atomic E-state index is 0.0861. The average Bonchev–Trinajstić information content (AvgIpc) is 2.27. The molecule has 1 saturated heterocycles. The van der Waals surface area contributed by atoms with Crippen molar-refractivity contribution in [3.63, 3.8) is 0 Å². The number of rotatable bonds is 3. The van der Waals surface area contributed by atoms with Gasteiger partial charge in [-0.05, 0) is 33.2 Å². The second kappa shape index (κ2) is 6.09. The number of piperidine rings is 1. The summed E-state index contributed by atoms with van der Waals surface area (Å²) in [7, 11) is 2.01. The van der Waals surface area contributed by atoms with Crippen LogP contribution in [0.3, 0.4) is 0 Å². The predicted octanol–water partition coefficient (Wildman–Crippen LogP) is 1.42. The maximum Gasteiger partial charge on any atom is 0.317 e. The van der Waals surface area contributed by atoms with E-state index in [4.69, 9.17) is 0 Å². The molecule has 2 amide bonds. The molecule has 1 fully saturated rings. The molecule has 0 aromatic heterocycles. The second-order valence-electron chi connectivity index (χ2n) is 4.90. The number of likely N-dealkylation sites (tertiary alicyclic amines) is 1. The number of nitrogens with one attached hydrogen (secondary N) is 2. The van der Waals surface area contributed by atoms with Crippen LogP contribution >= 0.6 is 0 Å². The molecule has 16 heavy (non-hydrogen) atoms. The van der Waals surface area contributed by atoms with E-state index < -0.39 is 0 Å². The van der Waals surface area contributed by atoms with Gasteiger partial charge in [0.25, 0.3) is 0 Å². The molecule has 1 rings (SSSR count). The summed E-state index contributed by atoms with van der Waals surface area (Å²) in [6.45, 7) is 7.92. The van der Waals surface area contributed by atoms with Crippen LogP contribution in [0.4, 0.5) is 4.79 Å². The third kappa shape index (κ3) is 3.37. The van der Waals surface area contributed by atoms with Crippen LogP contribution in [0.15, 0.2) is 0 Å². The van der Waals surface area contributed by atoms with E-state index in [0.717, 1.165) is 25.9 Å². The molecule has 2 N–H and O–H groups in total. The van der Waals surface area contributed by atoms with E-state index in [1.807, 2.05) is 25.8 Å². The van der Waals surface area contributed by atoms with Gasteiger partial charge in [-0.25, -0.2) is 4.79 Å². The molecule has 4 nitrogen and oxygen atoms in total. The molecule has 0 saturated carbocycles. The Labute approximate surface area is 98.8 Å². The fraction of sp³-hybridized carbons (Fsp3) is 0.917. The van der Waals surface area contributed by atoms with E-state index in [-0.39, 0.29) is 12.1 Å². The van der Waals surface area contributed by atoms with Crippen LogP contribution < -0.4 is 10.6 Å². The molecule has 0 bridgehead atoms. The van der Waals surface area contributed by atoms with Crippen molar-refractivity contribution in [2.24, 2.45) is 5.92 Å². The van der Waals surface area contributed by atoms with Crippen LogP contribution in [0, 0.1) is 5.92 Å². The summed E-state index contributed by atoms with van der Waals surface area (Å²) in [5.74, 6) is 0.580. The largest absolute Gasteiger partial charge is 0.336 e. The first-order valence-corrected chi connectivity index (χ1v) is 6.31. The quantitative estimate of drug-likeness (QED) is 0.766. The standard InChI is InChI=1S/C12H25N3O/c1-5-10-8-15(7-6-11(10)13-4)12(16)14-9(2)3/h9-11,13H,5-8H2,1-4H3,(H,14,16). The minimum absolute atomic E-state index is 0.0861. The van der Waals surface area contributed by atoms with E-state index in [1.54, 1.807) is 0 Å². The average molecular weight is 227 g/mol. The number of hydrogen-bond donors (Lipinski definition) is 2. The smallest absolute Gasteiger partial charge is 0.317 e. The lowest BCUT2D eigenvalue weighted by atomic mass is 9.90. The highest BCUT2D eigenvalue weighted by Crippen LogP contribution is 2.19. The van der Waals surface area contributed by atoms with Gasteiger partial charge >= 0.3 is 6.03 Å². The summed E-state index contributed by atoms with van der Waals surface area (Å²) in [6, 6.07) is 0.866. The van der Waals surface area contributed by atoms with E-state index >= 15 is 0 Å². The van der Waals surface area contributed by atoms with Gasteiger partial charge in [-0.1, -0.05) is 13.3 Å². The number of amides is 2. The maximum absolute atomic E-state index is 11.9. The summed E-state index contributed by atoms with van der Waals surface area (Å²) in [6.07, 6.45) is 2.18. The normalized spacial score (nSPS) is 25.9. The number of urea groups is 1. The van der Waals surface area contributed by atoms with E-state index in [2.05, 4.69) is 17.6 Å². The molecule has 0 spiro atoms. The molecule has 1 aliphatic heterocycles. The van der Waals surface area contributed by atoms with Crippen LogP contribution in [0.2, 0.25) is 0 Å². The lowest BCUT2D eigenvalue weighted by molar-refractivity contribution is 0.143. The van der Waals surface area contributed by atoms with Gasteiger partial charge in [0.05, 0.1) is 0 Å². The van der Waals surface area contributed by atoms with Crippen molar-refractivity contribution in [1.29, 1.82) is 0 Å². The molecule has 0 aromatic carbocycles. The fourth-order valence-corrected chi connectivity index (χ4v) is 2.35. The predicted molar refractivity (Wildman–Crippen MR) is 66.5 cm³/mol. The first-order chi connectivity index (χ1) is 7.58. The third-order valence-electron chi connectivity index (χ3n) is 3.33. The molecule has 1 aliphatic rings. The zero-order chi connectivity index (χ0) is 12.1. The van der Waals surface area contributed by atoms with Crippen LogP contribution in [-0.2, 0) is 0 Å². The molecule has 4 heteroatoms. The molecule has 2 atom stereocenters. The van der Waals surface area contributed by atoms with Crippen molar-refractivity contribution < 1.29 is 4.79 Å². The summed E-state index contributed by atoms with van der Waals surface area (Å²) in [5, 5.41) is 6.30. The summed E-state index contributed by atoms with van der Waals surface area (Å²) in [5.41, 5.74) is 0. The van der Waals surface area contributed by atoms with Gasteiger partial charge in [0.15, 0.2) is 0 Å². The van der Waals surface area contributed by atoms with Gasteiger partial charge in [0, 0.05) is 25.2 Å². The lowest BCUT2D eigenvalue weighted by Crippen LogP contribution is -2.53. The van der Waals surface area contributed by atoms with Crippen molar-refractivity contribution >= 4 is 6.03 Å². The van der Waals surface area contributed by atoms with E-state index in [0.29, 0.717) is 12.0 Å². The van der Waals surface area contributed by atoms with E-state index in [9.17, 15) is 4.79 Å². The molecule has 1 heterocycles. The lowest BCUT2D eigenvalue weighted by Gasteiger charge is -2.38. The topological polar surface area (TPSA) is 44.4 Å². The Hall–Kier alpha value is -0.770. The molecule has 2 unspecified atom stereocenters. The van der Waals surface area contributed by atoms with Crippen LogP contribution in [-0.4, -0.2) is 43.2 Å². The Kier molecular flexibility index (Phi) is 5.06. The van der Waals surface area contributed by atoms with Gasteiger partial charge in [-0.3, -0.25) is 0 Å². The number of hydrogen-bond acceptors (Lipinski definition) is 2. The van der Waals surface area contributed by atoms with Crippen molar-refractivity contribution in [2.75, 3.05) is 20.1 Å². The molecule has 0 aliphatic carbocycles. The second-order valence-corrected chi connectivity index (χ2v) is 4.90. The number of carbonyl (C=O) groups excluding carboxylic acids is 1. The molecule has 0 radical (unpaired) electrons. The first kappa shape index (κ1) is 13.3. The van der Waals surface area contributed by atoms with Gasteiger partial charge in [-0.15, -0.1) is 0 Å². The Morgan fingerprint density at radius 2 is 2.19 bits per heavy atom. The van der Waals surface area contributed by atoms with Crippen molar-refractivity contribution in [1.82, 2.24) is 15.5 Å². The Balaban J connectivity index is 2.50. The number of carbonyl (C=O) groups is 1. The van der Waals surface area contributed by atoms with Crippen LogP contribution in [0.5, 0.6) is 0 Å². The highest BCUT2D eigenvalue weighted by molar-refractivity contribution is 5.74. The summed E-state index contributed by atoms with van der Waals surface area (Å²) >= 11 is 0. The maximum atomic E-state index is 11.9. The highest BCUT2D eigenvalue weighted by atomic mass is 16.2. The first-order valence-electron chi connectivity index (χ1n) is 6.31. The summed E-state index contributed by atoms with van der Waals surface area (Å²) < 4.78 is 0. The molecular weight excluding hydrogens is 202 g/mol. The highest BCUT2D eigenvalue weighted by Gasteiger charge is 2.29. The fourth-order valence-electron chi connectivity index (χ4n) is 2.35. The zero-order valence-corrected chi connectivity index (χ0v) is 10.9. The van der Waals surface area contributed by atoms with Gasteiger partial charge in [-0.2, -0.15) is 0 Å². The van der Waals surface area contributed by atoms with Crippen LogP contribution in [0.25, 0.3) is 0 Å². The Morgan fingerprint density at radius 3 is 2.69 bits per heavy atom. The zero-order valence-electron chi connectivity index (χ0n) is 10.9. The SMILES string of the molecule is CCC1CN(C(=O)NC(C)C)CCC1NC. The molecule has 0 aromatic rings. The van der Waals surface area contributed by atoms with Crippen molar-refractivity contribution in [3.8, 4) is 0 Å². The van der Waals surface area contributed by atoms with E-state index in [1.165, 1.54) is 0 Å². The number of nitrogens with zero attached hydrogens (tertiary/aromatic N) is 1. The van der Waals surface area contributed by atoms with Crippen molar-refractivity contribution in [3.05, 3.63) is 0 Å². The van der Waals surface area contributed by atoms with Gasteiger partial charge < -0.3 is 15.5 Å². The van der Waals surface area contributed by atoms with Gasteiger partial charge in [0.1, 0.15) is 0 Å². The minimum Gasteiger partial charge on any atom is -0.336 e. The van der Waals surface area contributed by atoms with Gasteiger partial charge in [0.2, 0.25) is 0 Å². The summed E-state index contributed by atoms with van der Waals surface area (Å²) in [4.78, 5) is 13.8. The monoisotopic (exact) mass is 227 g/mol. The molecular formula is C12H25N3O. The Bertz CT molecular complexity index is 230. The third-order valence-corrected chi connectivity index (χ3v) is 3.33. The van der Waals surface area contributed by atoms with Crippen LogP contribution in [0.1, 0.15) is 33.6 Å². The molecule has 94 valence electrons.